The van der Waals surface area contributed by atoms with Crippen molar-refractivity contribution < 1.29 is 22.5 Å². The number of fused-ring (bicyclic) bond motifs is 1. The Bertz CT molecular complexity index is 970. The zero-order chi connectivity index (χ0) is 16.4. The normalized spacial score (nSPS) is 11.3. The van der Waals surface area contributed by atoms with Crippen LogP contribution in [0.4, 0.5) is 0 Å². The number of aromatic carboxylic acids is 1. The number of carbonyl (C=O) groups is 1. The fourth-order valence-electron chi connectivity index (χ4n) is 2.24. The Morgan fingerprint density at radius 3 is 2.22 bits per heavy atom. The van der Waals surface area contributed by atoms with Gasteiger partial charge in [0.05, 0.1) is 5.56 Å². The maximum Gasteiger partial charge on any atom is 0.339 e. The zero-order valence-electron chi connectivity index (χ0n) is 11.8. The predicted molar refractivity (Wildman–Crippen MR) is 85.2 cm³/mol. The molecule has 0 bridgehead atoms. The maximum absolute atomic E-state index is 12.5. The Morgan fingerprint density at radius 1 is 0.870 bits per heavy atom. The average Bonchev–Trinajstić information content (AvgIpc) is 2.54. The van der Waals surface area contributed by atoms with Gasteiger partial charge in [-0.25, -0.2) is 4.79 Å². The van der Waals surface area contributed by atoms with Gasteiger partial charge in [0.2, 0.25) is 0 Å². The van der Waals surface area contributed by atoms with Crippen molar-refractivity contribution in [3.05, 3.63) is 72.3 Å². The highest BCUT2D eigenvalue weighted by Crippen LogP contribution is 2.26. The molecule has 1 N–H and O–H groups in total. The van der Waals surface area contributed by atoms with Crippen molar-refractivity contribution in [2.75, 3.05) is 0 Å². The van der Waals surface area contributed by atoms with E-state index < -0.39 is 16.1 Å². The number of hydrogen-bond donors (Lipinski definition) is 1. The van der Waals surface area contributed by atoms with E-state index in [1.807, 2.05) is 18.2 Å². The molecule has 0 spiro atoms. The standard InChI is InChI=1S/C17H12O5S/c18-17(19)13-8-10-14(11-9-13)22-23(20,21)16-7-3-5-12-4-1-2-6-15(12)16/h1-11H,(H,18,19). The molecule has 0 aliphatic heterocycles. The minimum atomic E-state index is -4.02. The molecule has 0 saturated heterocycles. The third kappa shape index (κ3) is 3.02. The van der Waals surface area contributed by atoms with Crippen LogP contribution in [0.3, 0.4) is 0 Å². The molecular formula is C17H12O5S. The van der Waals surface area contributed by atoms with Gasteiger partial charge in [-0.05, 0) is 35.7 Å². The van der Waals surface area contributed by atoms with Gasteiger partial charge in [0.1, 0.15) is 10.6 Å². The van der Waals surface area contributed by atoms with E-state index in [1.54, 1.807) is 18.2 Å². The van der Waals surface area contributed by atoms with Crippen LogP contribution >= 0.6 is 0 Å². The number of hydrogen-bond acceptors (Lipinski definition) is 4. The summed E-state index contributed by atoms with van der Waals surface area (Å²) in [5.74, 6) is -1.03. The molecule has 6 heteroatoms. The number of rotatable bonds is 4. The zero-order valence-corrected chi connectivity index (χ0v) is 12.7. The molecule has 0 amide bonds. The summed E-state index contributed by atoms with van der Waals surface area (Å²) in [5.41, 5.74) is 0.0555. The predicted octanol–water partition coefficient (Wildman–Crippen LogP) is 3.31. The molecule has 0 saturated carbocycles. The Balaban J connectivity index is 1.99. The lowest BCUT2D eigenvalue weighted by Crippen LogP contribution is -2.10. The van der Waals surface area contributed by atoms with E-state index in [9.17, 15) is 13.2 Å². The summed E-state index contributed by atoms with van der Waals surface area (Å²) in [6.07, 6.45) is 0. The number of carboxylic acid groups (broad SMARTS) is 1. The third-order valence-corrected chi connectivity index (χ3v) is 4.63. The van der Waals surface area contributed by atoms with E-state index in [0.717, 1.165) is 5.39 Å². The van der Waals surface area contributed by atoms with Crippen LogP contribution < -0.4 is 4.18 Å². The van der Waals surface area contributed by atoms with Crippen molar-refractivity contribution >= 4 is 26.9 Å². The van der Waals surface area contributed by atoms with E-state index in [4.69, 9.17) is 9.29 Å². The first-order chi connectivity index (χ1) is 11.0. The van der Waals surface area contributed by atoms with Crippen LogP contribution in [0.5, 0.6) is 5.75 Å². The van der Waals surface area contributed by atoms with Crippen LogP contribution in [0.15, 0.2) is 71.6 Å². The van der Waals surface area contributed by atoms with Crippen LogP contribution in [-0.4, -0.2) is 19.5 Å². The van der Waals surface area contributed by atoms with Crippen LogP contribution in [0.25, 0.3) is 10.8 Å². The molecule has 116 valence electrons. The second-order valence-electron chi connectivity index (χ2n) is 4.84. The van der Waals surface area contributed by atoms with E-state index in [1.165, 1.54) is 30.3 Å². The highest BCUT2D eigenvalue weighted by molar-refractivity contribution is 7.87. The van der Waals surface area contributed by atoms with E-state index in [2.05, 4.69) is 0 Å². The molecule has 23 heavy (non-hydrogen) atoms. The fourth-order valence-corrected chi connectivity index (χ4v) is 3.39. The lowest BCUT2D eigenvalue weighted by atomic mass is 10.1. The smallest absolute Gasteiger partial charge is 0.339 e. The van der Waals surface area contributed by atoms with E-state index in [0.29, 0.717) is 5.39 Å². The van der Waals surface area contributed by atoms with Gasteiger partial charge in [-0.1, -0.05) is 36.4 Å². The van der Waals surface area contributed by atoms with Crippen molar-refractivity contribution in [1.82, 2.24) is 0 Å². The van der Waals surface area contributed by atoms with Gasteiger partial charge in [0, 0.05) is 5.39 Å². The molecule has 3 aromatic rings. The molecule has 0 aliphatic carbocycles. The summed E-state index contributed by atoms with van der Waals surface area (Å²) in [4.78, 5) is 10.9. The SMILES string of the molecule is O=C(O)c1ccc(OS(=O)(=O)c2cccc3ccccc23)cc1. The van der Waals surface area contributed by atoms with E-state index >= 15 is 0 Å². The van der Waals surface area contributed by atoms with Crippen molar-refractivity contribution in [2.24, 2.45) is 0 Å². The van der Waals surface area contributed by atoms with Crippen LogP contribution in [0.1, 0.15) is 10.4 Å². The third-order valence-electron chi connectivity index (χ3n) is 3.33. The van der Waals surface area contributed by atoms with Crippen LogP contribution in [0.2, 0.25) is 0 Å². The van der Waals surface area contributed by atoms with Crippen molar-refractivity contribution in [3.8, 4) is 5.75 Å². The Kier molecular flexibility index (Phi) is 3.75. The van der Waals surface area contributed by atoms with Crippen molar-refractivity contribution in [2.45, 2.75) is 4.90 Å². The van der Waals surface area contributed by atoms with Gasteiger partial charge in [-0.15, -0.1) is 0 Å². The maximum atomic E-state index is 12.5. The first-order valence-electron chi connectivity index (χ1n) is 6.73. The Morgan fingerprint density at radius 2 is 1.52 bits per heavy atom. The van der Waals surface area contributed by atoms with E-state index in [-0.39, 0.29) is 16.2 Å². The molecule has 0 radical (unpaired) electrons. The summed E-state index contributed by atoms with van der Waals surface area (Å²) in [7, 11) is -4.02. The van der Waals surface area contributed by atoms with Gasteiger partial charge in [-0.3, -0.25) is 0 Å². The molecule has 0 aromatic heterocycles. The second-order valence-corrected chi connectivity index (χ2v) is 6.36. The van der Waals surface area contributed by atoms with Gasteiger partial charge in [0.25, 0.3) is 0 Å². The van der Waals surface area contributed by atoms with Gasteiger partial charge < -0.3 is 9.29 Å². The van der Waals surface area contributed by atoms with Gasteiger partial charge in [-0.2, -0.15) is 8.42 Å². The van der Waals surface area contributed by atoms with Crippen LogP contribution in [-0.2, 0) is 10.1 Å². The average molecular weight is 328 g/mol. The number of benzene rings is 3. The minimum absolute atomic E-state index is 0.0555. The first-order valence-corrected chi connectivity index (χ1v) is 8.14. The van der Waals surface area contributed by atoms with Gasteiger partial charge in [0.15, 0.2) is 0 Å². The summed E-state index contributed by atoms with van der Waals surface area (Å²) in [6.45, 7) is 0. The summed E-state index contributed by atoms with van der Waals surface area (Å²) in [6, 6.07) is 17.2. The second kappa shape index (κ2) is 5.73. The Labute approximate surface area is 132 Å². The monoisotopic (exact) mass is 328 g/mol. The van der Waals surface area contributed by atoms with Crippen molar-refractivity contribution in [3.63, 3.8) is 0 Å². The molecular weight excluding hydrogens is 316 g/mol. The van der Waals surface area contributed by atoms with Crippen molar-refractivity contribution in [1.29, 1.82) is 0 Å². The largest absolute Gasteiger partial charge is 0.478 e. The molecule has 3 rings (SSSR count). The minimum Gasteiger partial charge on any atom is -0.478 e. The molecule has 0 aliphatic rings. The molecule has 0 heterocycles. The first kappa shape index (κ1) is 15.1. The number of carboxylic acids is 1. The summed E-state index contributed by atoms with van der Waals surface area (Å²) < 4.78 is 30.1. The topological polar surface area (TPSA) is 80.7 Å². The van der Waals surface area contributed by atoms with Gasteiger partial charge >= 0.3 is 16.1 Å². The highest BCUT2D eigenvalue weighted by atomic mass is 32.2. The molecule has 5 nitrogen and oxygen atoms in total. The summed E-state index contributed by atoms with van der Waals surface area (Å²) >= 11 is 0. The lowest BCUT2D eigenvalue weighted by Gasteiger charge is -2.09. The Hall–Kier alpha value is -2.86. The molecule has 3 aromatic carbocycles. The fraction of sp³-hybridized carbons (Fsp3) is 0. The highest BCUT2D eigenvalue weighted by Gasteiger charge is 2.19. The summed E-state index contributed by atoms with van der Waals surface area (Å²) in [5, 5.41) is 10.2. The molecule has 0 fully saturated rings. The lowest BCUT2D eigenvalue weighted by molar-refractivity contribution is 0.0697. The quantitative estimate of drug-likeness (QED) is 0.743. The van der Waals surface area contributed by atoms with Crippen LogP contribution in [0, 0.1) is 0 Å². The molecule has 0 unspecified atom stereocenters. The molecule has 0 atom stereocenters.